The van der Waals surface area contributed by atoms with Crippen LogP contribution in [0.2, 0.25) is 0 Å². The summed E-state index contributed by atoms with van der Waals surface area (Å²) >= 11 is 1.54. The van der Waals surface area contributed by atoms with Crippen molar-refractivity contribution in [3.63, 3.8) is 0 Å². The number of aryl methyl sites for hydroxylation is 1. The topological polar surface area (TPSA) is 113 Å². The molecule has 8 nitrogen and oxygen atoms in total. The number of sulfone groups is 1. The third-order valence-corrected chi connectivity index (χ3v) is 11.1. The quantitative estimate of drug-likeness (QED) is 0.311. The summed E-state index contributed by atoms with van der Waals surface area (Å²) in [7, 11) is -3.02. The molecule has 0 bridgehead atoms. The summed E-state index contributed by atoms with van der Waals surface area (Å²) in [6, 6.07) is 12.5. The molecule has 2 aliphatic rings. The number of amides is 1. The Balaban J connectivity index is 1.48. The summed E-state index contributed by atoms with van der Waals surface area (Å²) in [5.74, 6) is 0.0375. The molecule has 2 aromatic carbocycles. The first kappa shape index (κ1) is 33.5. The van der Waals surface area contributed by atoms with Gasteiger partial charge in [0.15, 0.2) is 9.84 Å². The van der Waals surface area contributed by atoms with Gasteiger partial charge in [-0.3, -0.25) is 9.69 Å². The molecule has 0 aromatic heterocycles. The molecule has 1 aliphatic carbocycles. The second-order valence-electron chi connectivity index (χ2n) is 12.0. The van der Waals surface area contributed by atoms with Gasteiger partial charge in [-0.2, -0.15) is 11.8 Å². The van der Waals surface area contributed by atoms with Gasteiger partial charge in [0.05, 0.1) is 24.2 Å². The van der Waals surface area contributed by atoms with E-state index in [0.717, 1.165) is 35.1 Å². The summed E-state index contributed by atoms with van der Waals surface area (Å²) in [6.45, 7) is 5.59. The number of aliphatic carboxylic acids is 1. The third kappa shape index (κ3) is 9.30. The Morgan fingerprint density at radius 3 is 2.56 bits per heavy atom. The van der Waals surface area contributed by atoms with Crippen LogP contribution in [0.4, 0.5) is 0 Å². The molecular weight excluding hydrogens is 585 g/mol. The van der Waals surface area contributed by atoms with Crippen LogP contribution in [0.25, 0.3) is 11.1 Å². The van der Waals surface area contributed by atoms with Crippen molar-refractivity contribution < 1.29 is 27.9 Å². The minimum atomic E-state index is -3.02. The van der Waals surface area contributed by atoms with Crippen LogP contribution < -0.4 is 5.32 Å². The van der Waals surface area contributed by atoms with E-state index in [1.54, 1.807) is 17.8 Å². The van der Waals surface area contributed by atoms with E-state index in [1.165, 1.54) is 19.3 Å². The molecule has 2 N–H and O–H groups in total. The predicted molar refractivity (Wildman–Crippen MR) is 173 cm³/mol. The van der Waals surface area contributed by atoms with Crippen LogP contribution in [-0.4, -0.2) is 85.1 Å². The fraction of sp³-hybridized carbons (Fsp3) is 0.576. The second-order valence-corrected chi connectivity index (χ2v) is 15.3. The number of ether oxygens (including phenoxy) is 1. The van der Waals surface area contributed by atoms with Crippen LogP contribution in [0, 0.1) is 12.8 Å². The van der Waals surface area contributed by atoms with E-state index in [9.17, 15) is 23.1 Å². The molecular formula is C33H46N2O6S2. The van der Waals surface area contributed by atoms with Gasteiger partial charge in [0.1, 0.15) is 6.04 Å². The summed E-state index contributed by atoms with van der Waals surface area (Å²) in [5.41, 5.74) is 3.98. The van der Waals surface area contributed by atoms with Gasteiger partial charge in [0, 0.05) is 24.7 Å². The van der Waals surface area contributed by atoms with E-state index in [0.29, 0.717) is 43.4 Å². The predicted octanol–water partition coefficient (Wildman–Crippen LogP) is 5.18. The molecule has 3 atom stereocenters. The molecule has 1 heterocycles. The largest absolute Gasteiger partial charge is 0.480 e. The zero-order valence-corrected chi connectivity index (χ0v) is 27.2. The smallest absolute Gasteiger partial charge is 0.326 e. The van der Waals surface area contributed by atoms with Crippen molar-refractivity contribution in [2.45, 2.75) is 77.2 Å². The highest BCUT2D eigenvalue weighted by Gasteiger charge is 2.37. The summed E-state index contributed by atoms with van der Waals surface area (Å²) < 4.78 is 31.3. The highest BCUT2D eigenvalue weighted by Crippen LogP contribution is 2.32. The van der Waals surface area contributed by atoms with Crippen LogP contribution in [0.15, 0.2) is 42.5 Å². The van der Waals surface area contributed by atoms with Gasteiger partial charge in [0.2, 0.25) is 0 Å². The summed E-state index contributed by atoms with van der Waals surface area (Å²) in [5, 5.41) is 12.4. The molecule has 1 amide bonds. The van der Waals surface area contributed by atoms with Crippen LogP contribution in [0.5, 0.6) is 0 Å². The standard InChI is InChI=1S/C33H46N2O6S2/c1-23-9-7-8-12-27(23)29-19-25(13-14-28(29)32(36)34-30(33(37)38)15-17-42-3)21-41-24(2)20-35-16-18-43(39,40)22-31(35)26-10-5-4-6-11-26/h7-9,12-14,19,24,26,30-31H,4-6,10-11,15-18,20-22H2,1-3H3,(H,34,36)(H,37,38)/t24?,30-,31?/m0/s1. The fourth-order valence-corrected chi connectivity index (χ4v) is 8.53. The van der Waals surface area contributed by atoms with Gasteiger partial charge in [-0.25, -0.2) is 13.2 Å². The molecule has 236 valence electrons. The summed E-state index contributed by atoms with van der Waals surface area (Å²) in [6.07, 6.45) is 7.92. The molecule has 10 heteroatoms. The molecule has 4 rings (SSSR count). The van der Waals surface area contributed by atoms with Crippen LogP contribution in [0.1, 0.15) is 66.9 Å². The number of carboxylic acids is 1. The zero-order valence-electron chi connectivity index (χ0n) is 25.6. The molecule has 1 saturated carbocycles. The number of nitrogens with zero attached hydrogens (tertiary/aromatic N) is 1. The van der Waals surface area contributed by atoms with Gasteiger partial charge in [-0.15, -0.1) is 0 Å². The molecule has 43 heavy (non-hydrogen) atoms. The monoisotopic (exact) mass is 630 g/mol. The molecule has 2 unspecified atom stereocenters. The van der Waals surface area contributed by atoms with Crippen molar-refractivity contribution in [3.8, 4) is 11.1 Å². The lowest BCUT2D eigenvalue weighted by Crippen LogP contribution is -2.54. The Morgan fingerprint density at radius 1 is 1.12 bits per heavy atom. The minimum Gasteiger partial charge on any atom is -0.480 e. The minimum absolute atomic E-state index is 0.0566. The Kier molecular flexibility index (Phi) is 12.1. The Bertz CT molecular complexity index is 1360. The Hall–Kier alpha value is -2.40. The number of thioether (sulfide) groups is 1. The van der Waals surface area contributed by atoms with E-state index in [4.69, 9.17) is 4.74 Å². The average molecular weight is 631 g/mol. The number of nitrogens with one attached hydrogen (secondary N) is 1. The maximum absolute atomic E-state index is 13.4. The first-order valence-electron chi connectivity index (χ1n) is 15.4. The number of carboxylic acid groups (broad SMARTS) is 1. The van der Waals surface area contributed by atoms with Crippen LogP contribution in [0.3, 0.4) is 0 Å². The molecule has 2 fully saturated rings. The van der Waals surface area contributed by atoms with Crippen molar-refractivity contribution >= 4 is 33.5 Å². The van der Waals surface area contributed by atoms with Crippen molar-refractivity contribution in [1.82, 2.24) is 10.2 Å². The van der Waals surface area contributed by atoms with Gasteiger partial charge in [-0.1, -0.05) is 49.6 Å². The molecule has 1 aliphatic heterocycles. The summed E-state index contributed by atoms with van der Waals surface area (Å²) in [4.78, 5) is 27.5. The Labute approximate surface area is 260 Å². The first-order chi connectivity index (χ1) is 20.6. The van der Waals surface area contributed by atoms with E-state index in [1.807, 2.05) is 56.5 Å². The van der Waals surface area contributed by atoms with E-state index >= 15 is 0 Å². The normalized spacial score (nSPS) is 20.8. The molecule has 0 spiro atoms. The number of carbonyl (C=O) groups is 2. The zero-order chi connectivity index (χ0) is 31.0. The lowest BCUT2D eigenvalue weighted by Gasteiger charge is -2.42. The Morgan fingerprint density at radius 2 is 1.86 bits per heavy atom. The van der Waals surface area contributed by atoms with Crippen molar-refractivity contribution in [2.75, 3.05) is 36.6 Å². The maximum Gasteiger partial charge on any atom is 0.326 e. The second kappa shape index (κ2) is 15.5. The van der Waals surface area contributed by atoms with E-state index < -0.39 is 27.8 Å². The van der Waals surface area contributed by atoms with E-state index in [2.05, 4.69) is 10.2 Å². The highest BCUT2D eigenvalue weighted by atomic mass is 32.2. The van der Waals surface area contributed by atoms with Gasteiger partial charge in [0.25, 0.3) is 5.91 Å². The number of rotatable bonds is 13. The SMILES string of the molecule is CSCC[C@H](NC(=O)c1ccc(COC(C)CN2CCS(=O)(=O)CC2C2CCCCC2)cc1-c1ccccc1C)C(=O)O. The van der Waals surface area contributed by atoms with Crippen LogP contribution >= 0.6 is 11.8 Å². The molecule has 2 aromatic rings. The van der Waals surface area contributed by atoms with Gasteiger partial charge < -0.3 is 15.2 Å². The van der Waals surface area contributed by atoms with E-state index in [-0.39, 0.29) is 23.7 Å². The fourth-order valence-electron chi connectivity index (χ4n) is 6.38. The number of benzene rings is 2. The van der Waals surface area contributed by atoms with Crippen molar-refractivity contribution in [1.29, 1.82) is 0 Å². The lowest BCUT2D eigenvalue weighted by atomic mass is 9.83. The van der Waals surface area contributed by atoms with Gasteiger partial charge >= 0.3 is 5.97 Å². The van der Waals surface area contributed by atoms with Crippen LogP contribution in [-0.2, 0) is 26.0 Å². The average Bonchev–Trinajstić information content (AvgIpc) is 2.99. The lowest BCUT2D eigenvalue weighted by molar-refractivity contribution is -0.139. The van der Waals surface area contributed by atoms with Gasteiger partial charge in [-0.05, 0) is 85.4 Å². The number of hydrogen-bond acceptors (Lipinski definition) is 7. The molecule has 1 saturated heterocycles. The number of hydrogen-bond donors (Lipinski definition) is 2. The molecule has 0 radical (unpaired) electrons. The van der Waals surface area contributed by atoms with Crippen molar-refractivity contribution in [2.24, 2.45) is 5.92 Å². The number of carbonyl (C=O) groups excluding carboxylic acids is 1. The third-order valence-electron chi connectivity index (χ3n) is 8.78. The highest BCUT2D eigenvalue weighted by molar-refractivity contribution is 7.98. The van der Waals surface area contributed by atoms with Crippen molar-refractivity contribution in [3.05, 3.63) is 59.2 Å². The first-order valence-corrected chi connectivity index (χ1v) is 18.6. The maximum atomic E-state index is 13.4.